The fourth-order valence-electron chi connectivity index (χ4n) is 2.18. The van der Waals surface area contributed by atoms with Gasteiger partial charge in [0.2, 0.25) is 5.91 Å². The zero-order chi connectivity index (χ0) is 15.8. The number of anilines is 1. The van der Waals surface area contributed by atoms with Gasteiger partial charge in [0.1, 0.15) is 0 Å². The van der Waals surface area contributed by atoms with E-state index in [0.29, 0.717) is 13.0 Å². The van der Waals surface area contributed by atoms with Gasteiger partial charge in [-0.05, 0) is 42.9 Å². The summed E-state index contributed by atoms with van der Waals surface area (Å²) in [5.41, 5.74) is 1.96. The molecule has 1 aromatic rings. The summed E-state index contributed by atoms with van der Waals surface area (Å²) in [7, 11) is 1.78. The molecule has 1 aromatic carbocycles. The third-order valence-electron chi connectivity index (χ3n) is 3.63. The number of guanidine groups is 1. The van der Waals surface area contributed by atoms with Gasteiger partial charge < -0.3 is 16.0 Å². The molecule has 0 unspecified atom stereocenters. The van der Waals surface area contributed by atoms with Crippen LogP contribution in [0.2, 0.25) is 0 Å². The molecule has 120 valence electrons. The van der Waals surface area contributed by atoms with Crippen molar-refractivity contribution in [3.05, 3.63) is 29.8 Å². The van der Waals surface area contributed by atoms with Crippen LogP contribution in [0.5, 0.6) is 0 Å². The van der Waals surface area contributed by atoms with Crippen molar-refractivity contribution in [2.45, 2.75) is 39.2 Å². The first kappa shape index (κ1) is 16.3. The Morgan fingerprint density at radius 3 is 2.82 bits per heavy atom. The van der Waals surface area contributed by atoms with Crippen molar-refractivity contribution < 1.29 is 4.79 Å². The highest BCUT2D eigenvalue weighted by molar-refractivity contribution is 5.90. The van der Waals surface area contributed by atoms with E-state index in [4.69, 9.17) is 0 Å². The van der Waals surface area contributed by atoms with Gasteiger partial charge in [0.05, 0.1) is 0 Å². The number of nitrogens with zero attached hydrogens (tertiary/aromatic N) is 1. The second kappa shape index (κ2) is 8.41. The lowest BCUT2D eigenvalue weighted by atomic mass is 10.2. The molecule has 22 heavy (non-hydrogen) atoms. The first-order valence-corrected chi connectivity index (χ1v) is 8.04. The predicted molar refractivity (Wildman–Crippen MR) is 90.9 cm³/mol. The van der Waals surface area contributed by atoms with Gasteiger partial charge in [0.15, 0.2) is 5.96 Å². The number of hydrogen-bond acceptors (Lipinski definition) is 2. The Bertz CT molecular complexity index is 523. The van der Waals surface area contributed by atoms with Gasteiger partial charge >= 0.3 is 0 Å². The summed E-state index contributed by atoms with van der Waals surface area (Å²) in [6.45, 7) is 3.68. The second-order valence-corrected chi connectivity index (χ2v) is 5.75. The Hall–Kier alpha value is -2.04. The quantitative estimate of drug-likeness (QED) is 0.535. The van der Waals surface area contributed by atoms with Crippen LogP contribution in [0.25, 0.3) is 0 Å². The van der Waals surface area contributed by atoms with Crippen molar-refractivity contribution in [3.63, 3.8) is 0 Å². The van der Waals surface area contributed by atoms with E-state index in [-0.39, 0.29) is 5.91 Å². The Labute approximate surface area is 132 Å². The maximum atomic E-state index is 11.6. The Morgan fingerprint density at radius 2 is 2.14 bits per heavy atom. The average molecular weight is 302 g/mol. The molecule has 0 aromatic heterocycles. The number of hydrogen-bond donors (Lipinski definition) is 3. The third-order valence-corrected chi connectivity index (χ3v) is 3.63. The van der Waals surface area contributed by atoms with E-state index >= 15 is 0 Å². The van der Waals surface area contributed by atoms with Crippen LogP contribution in [0, 0.1) is 5.92 Å². The maximum absolute atomic E-state index is 11.6. The Kier molecular flexibility index (Phi) is 6.25. The first-order chi connectivity index (χ1) is 10.7. The molecule has 0 saturated heterocycles. The molecule has 1 saturated carbocycles. The van der Waals surface area contributed by atoms with Crippen LogP contribution < -0.4 is 16.0 Å². The molecule has 0 radical (unpaired) electrons. The van der Waals surface area contributed by atoms with Crippen LogP contribution in [0.3, 0.4) is 0 Å². The highest BCUT2D eigenvalue weighted by Crippen LogP contribution is 2.27. The van der Waals surface area contributed by atoms with E-state index in [9.17, 15) is 4.79 Å². The van der Waals surface area contributed by atoms with Crippen molar-refractivity contribution >= 4 is 17.6 Å². The minimum atomic E-state index is 0.0644. The van der Waals surface area contributed by atoms with Crippen molar-refractivity contribution in [1.29, 1.82) is 0 Å². The lowest BCUT2D eigenvalue weighted by molar-refractivity contribution is -0.116. The van der Waals surface area contributed by atoms with E-state index < -0.39 is 0 Å². The van der Waals surface area contributed by atoms with Gasteiger partial charge in [-0.3, -0.25) is 9.79 Å². The highest BCUT2D eigenvalue weighted by Gasteiger charge is 2.20. The van der Waals surface area contributed by atoms with E-state index in [1.807, 2.05) is 31.2 Å². The average Bonchev–Trinajstić information content (AvgIpc) is 3.32. The van der Waals surface area contributed by atoms with Gasteiger partial charge in [-0.1, -0.05) is 19.1 Å². The van der Waals surface area contributed by atoms with E-state index in [1.54, 1.807) is 7.05 Å². The molecule has 1 aliphatic rings. The molecule has 0 heterocycles. The molecule has 0 atom stereocenters. The maximum Gasteiger partial charge on any atom is 0.224 e. The summed E-state index contributed by atoms with van der Waals surface area (Å²) in [4.78, 5) is 15.9. The molecule has 5 nitrogen and oxygen atoms in total. The molecule has 1 amide bonds. The minimum Gasteiger partial charge on any atom is -0.356 e. The zero-order valence-electron chi connectivity index (χ0n) is 13.5. The Balaban J connectivity index is 1.82. The Morgan fingerprint density at radius 1 is 1.32 bits per heavy atom. The van der Waals surface area contributed by atoms with Crippen molar-refractivity contribution in [1.82, 2.24) is 10.6 Å². The molecule has 0 aliphatic heterocycles. The minimum absolute atomic E-state index is 0.0644. The largest absolute Gasteiger partial charge is 0.356 e. The van der Waals surface area contributed by atoms with E-state index in [0.717, 1.165) is 36.1 Å². The van der Waals surface area contributed by atoms with Gasteiger partial charge in [0.25, 0.3) is 0 Å². The van der Waals surface area contributed by atoms with Crippen LogP contribution in [0.4, 0.5) is 5.69 Å². The number of nitrogens with one attached hydrogen (secondary N) is 3. The summed E-state index contributed by atoms with van der Waals surface area (Å²) >= 11 is 0. The van der Waals surface area contributed by atoms with Crippen molar-refractivity contribution in [3.8, 4) is 0 Å². The summed E-state index contributed by atoms with van der Waals surface area (Å²) < 4.78 is 0. The number of carbonyl (C=O) groups excluding carboxylic acids is 1. The number of carbonyl (C=O) groups is 1. The number of aliphatic imine (C=N–C) groups is 1. The van der Waals surface area contributed by atoms with E-state index in [1.165, 1.54) is 12.8 Å². The molecule has 3 N–H and O–H groups in total. The van der Waals surface area contributed by atoms with Crippen molar-refractivity contribution in [2.75, 3.05) is 18.9 Å². The van der Waals surface area contributed by atoms with Crippen LogP contribution in [0.1, 0.15) is 38.2 Å². The zero-order valence-corrected chi connectivity index (χ0v) is 13.5. The van der Waals surface area contributed by atoms with Gasteiger partial charge in [-0.2, -0.15) is 0 Å². The second-order valence-electron chi connectivity index (χ2n) is 5.75. The normalized spacial score (nSPS) is 14.5. The predicted octanol–water partition coefficient (Wildman–Crippen LogP) is 2.50. The molecule has 2 rings (SSSR count). The fraction of sp³-hybridized carbons (Fsp3) is 0.529. The smallest absolute Gasteiger partial charge is 0.224 e. The molecule has 1 fully saturated rings. The van der Waals surface area contributed by atoms with Crippen LogP contribution in [0.15, 0.2) is 29.3 Å². The third kappa shape index (κ3) is 5.76. The van der Waals surface area contributed by atoms with E-state index in [2.05, 4.69) is 20.9 Å². The van der Waals surface area contributed by atoms with Crippen LogP contribution in [-0.4, -0.2) is 25.5 Å². The molecular formula is C17H26N4O. The number of rotatable bonds is 7. The molecule has 0 spiro atoms. The molecule has 0 bridgehead atoms. The molecule has 1 aliphatic carbocycles. The van der Waals surface area contributed by atoms with Gasteiger partial charge in [0, 0.05) is 32.2 Å². The summed E-state index contributed by atoms with van der Waals surface area (Å²) in [5, 5.41) is 9.56. The standard InChI is InChI=1S/C17H26N4O/c1-3-5-16(22)21-15-7-4-6-14(10-15)12-20-17(18-2)19-11-13-8-9-13/h4,6-7,10,13H,3,5,8-9,11-12H2,1-2H3,(H,21,22)(H2,18,19,20). The summed E-state index contributed by atoms with van der Waals surface area (Å²) in [5.74, 6) is 1.71. The fourth-order valence-corrected chi connectivity index (χ4v) is 2.18. The van der Waals surface area contributed by atoms with Gasteiger partial charge in [-0.15, -0.1) is 0 Å². The SMILES string of the molecule is CCCC(=O)Nc1cccc(CNC(=NC)NCC2CC2)c1. The monoisotopic (exact) mass is 302 g/mol. The van der Waals surface area contributed by atoms with Crippen molar-refractivity contribution in [2.24, 2.45) is 10.9 Å². The van der Waals surface area contributed by atoms with Crippen LogP contribution in [-0.2, 0) is 11.3 Å². The lowest BCUT2D eigenvalue weighted by Gasteiger charge is -2.12. The first-order valence-electron chi connectivity index (χ1n) is 8.04. The topological polar surface area (TPSA) is 65.5 Å². The highest BCUT2D eigenvalue weighted by atomic mass is 16.1. The molecule has 5 heteroatoms. The van der Waals surface area contributed by atoms with Crippen LogP contribution >= 0.6 is 0 Å². The number of benzene rings is 1. The lowest BCUT2D eigenvalue weighted by Crippen LogP contribution is -2.37. The summed E-state index contributed by atoms with van der Waals surface area (Å²) in [6, 6.07) is 7.90. The van der Waals surface area contributed by atoms with Gasteiger partial charge in [-0.25, -0.2) is 0 Å². The summed E-state index contributed by atoms with van der Waals surface area (Å²) in [6.07, 6.45) is 4.06. The molecular weight excluding hydrogens is 276 g/mol. The number of amides is 1.